The van der Waals surface area contributed by atoms with E-state index in [0.29, 0.717) is 30.7 Å². The molecule has 0 aliphatic heterocycles. The number of esters is 1. The summed E-state index contributed by atoms with van der Waals surface area (Å²) in [5.74, 6) is -0.400. The van der Waals surface area contributed by atoms with E-state index in [2.05, 4.69) is 11.2 Å². The maximum atomic E-state index is 11.9. The number of hydrogen-bond acceptors (Lipinski definition) is 4. The zero-order valence-corrected chi connectivity index (χ0v) is 11.2. The van der Waals surface area contributed by atoms with Gasteiger partial charge < -0.3 is 4.74 Å². The summed E-state index contributed by atoms with van der Waals surface area (Å²) >= 11 is 0. The standard InChI is InChI=1S/C15H15N3O2/c1-2-20-15(19)13-11-17-18(14(13)9-6-10-16)12-7-4-3-5-8-12/h3-5,7-8,11H,2,6,9H2,1H3. The van der Waals surface area contributed by atoms with Crippen LogP contribution in [0.4, 0.5) is 0 Å². The molecule has 0 saturated heterocycles. The van der Waals surface area contributed by atoms with E-state index >= 15 is 0 Å². The molecule has 102 valence electrons. The molecule has 2 aromatic rings. The van der Waals surface area contributed by atoms with E-state index in [0.717, 1.165) is 5.69 Å². The summed E-state index contributed by atoms with van der Waals surface area (Å²) in [6, 6.07) is 11.6. The molecule has 5 nitrogen and oxygen atoms in total. The van der Waals surface area contributed by atoms with Gasteiger partial charge in [0, 0.05) is 12.8 Å². The van der Waals surface area contributed by atoms with E-state index in [1.54, 1.807) is 11.6 Å². The van der Waals surface area contributed by atoms with E-state index in [-0.39, 0.29) is 0 Å². The number of nitrogens with zero attached hydrogens (tertiary/aromatic N) is 3. The highest BCUT2D eigenvalue weighted by molar-refractivity contribution is 5.90. The number of carbonyl (C=O) groups is 1. The van der Waals surface area contributed by atoms with Gasteiger partial charge in [-0.15, -0.1) is 0 Å². The molecular formula is C15H15N3O2. The number of aromatic nitrogens is 2. The number of benzene rings is 1. The third kappa shape index (κ3) is 2.86. The molecule has 0 fully saturated rings. The number of ether oxygens (including phenoxy) is 1. The molecule has 1 heterocycles. The fraction of sp³-hybridized carbons (Fsp3) is 0.267. The van der Waals surface area contributed by atoms with Crippen LogP contribution in [-0.4, -0.2) is 22.4 Å². The van der Waals surface area contributed by atoms with Crippen molar-refractivity contribution in [1.29, 1.82) is 5.26 Å². The minimum absolute atomic E-state index is 0.313. The fourth-order valence-corrected chi connectivity index (χ4v) is 1.96. The molecule has 1 aromatic heterocycles. The Morgan fingerprint density at radius 2 is 2.15 bits per heavy atom. The Balaban J connectivity index is 2.42. The van der Waals surface area contributed by atoms with Crippen LogP contribution in [0.15, 0.2) is 36.5 Å². The van der Waals surface area contributed by atoms with Gasteiger partial charge in [-0.25, -0.2) is 9.48 Å². The van der Waals surface area contributed by atoms with Gasteiger partial charge in [0.2, 0.25) is 0 Å². The van der Waals surface area contributed by atoms with Crippen LogP contribution >= 0.6 is 0 Å². The van der Waals surface area contributed by atoms with Crippen LogP contribution in [0.1, 0.15) is 29.4 Å². The molecule has 0 aliphatic carbocycles. The second-order valence-corrected chi connectivity index (χ2v) is 4.13. The quantitative estimate of drug-likeness (QED) is 0.782. The first kappa shape index (κ1) is 13.8. The number of carbonyl (C=O) groups excluding carboxylic acids is 1. The topological polar surface area (TPSA) is 67.9 Å². The zero-order chi connectivity index (χ0) is 14.4. The van der Waals surface area contributed by atoms with Gasteiger partial charge in [0.15, 0.2) is 0 Å². The van der Waals surface area contributed by atoms with E-state index in [1.807, 2.05) is 30.3 Å². The van der Waals surface area contributed by atoms with Crippen molar-refractivity contribution in [3.8, 4) is 11.8 Å². The lowest BCUT2D eigenvalue weighted by atomic mass is 10.1. The lowest BCUT2D eigenvalue weighted by Crippen LogP contribution is -2.09. The van der Waals surface area contributed by atoms with Crippen LogP contribution in [0, 0.1) is 11.3 Å². The second kappa shape index (κ2) is 6.53. The van der Waals surface area contributed by atoms with Crippen molar-refractivity contribution in [2.45, 2.75) is 19.8 Å². The maximum absolute atomic E-state index is 11.9. The molecule has 20 heavy (non-hydrogen) atoms. The molecule has 5 heteroatoms. The van der Waals surface area contributed by atoms with E-state index in [4.69, 9.17) is 10.00 Å². The predicted octanol–water partition coefficient (Wildman–Crippen LogP) is 2.51. The summed E-state index contributed by atoms with van der Waals surface area (Å²) in [6.45, 7) is 2.07. The molecule has 0 bridgehead atoms. The summed E-state index contributed by atoms with van der Waals surface area (Å²) in [5, 5.41) is 13.0. The summed E-state index contributed by atoms with van der Waals surface area (Å²) < 4.78 is 6.71. The first-order valence-corrected chi connectivity index (χ1v) is 6.44. The minimum Gasteiger partial charge on any atom is -0.462 e. The number of rotatable bonds is 5. The Hall–Kier alpha value is -2.61. The normalized spacial score (nSPS) is 10.0. The maximum Gasteiger partial charge on any atom is 0.341 e. The van der Waals surface area contributed by atoms with Gasteiger partial charge in [-0.3, -0.25) is 0 Å². The highest BCUT2D eigenvalue weighted by atomic mass is 16.5. The van der Waals surface area contributed by atoms with Gasteiger partial charge in [0.25, 0.3) is 0 Å². The van der Waals surface area contributed by atoms with Crippen molar-refractivity contribution in [1.82, 2.24) is 9.78 Å². The van der Waals surface area contributed by atoms with Crippen LogP contribution in [0.25, 0.3) is 5.69 Å². The van der Waals surface area contributed by atoms with Crippen LogP contribution in [0.2, 0.25) is 0 Å². The third-order valence-electron chi connectivity index (χ3n) is 2.84. The van der Waals surface area contributed by atoms with Crippen LogP contribution in [-0.2, 0) is 11.2 Å². The van der Waals surface area contributed by atoms with Crippen molar-refractivity contribution >= 4 is 5.97 Å². The SMILES string of the molecule is CCOC(=O)c1cnn(-c2ccccc2)c1CCC#N. The fourth-order valence-electron chi connectivity index (χ4n) is 1.96. The lowest BCUT2D eigenvalue weighted by Gasteiger charge is -2.08. The molecule has 0 saturated carbocycles. The number of para-hydroxylation sites is 1. The van der Waals surface area contributed by atoms with Crippen LogP contribution < -0.4 is 0 Å². The summed E-state index contributed by atoms with van der Waals surface area (Å²) in [5.41, 5.74) is 1.98. The Bertz CT molecular complexity index is 626. The average Bonchev–Trinajstić information content (AvgIpc) is 2.90. The molecule has 0 aliphatic rings. The van der Waals surface area contributed by atoms with Gasteiger partial charge in [0.1, 0.15) is 5.56 Å². The van der Waals surface area contributed by atoms with Gasteiger partial charge in [-0.2, -0.15) is 10.4 Å². The molecule has 0 atom stereocenters. The lowest BCUT2D eigenvalue weighted by molar-refractivity contribution is 0.0525. The Labute approximate surface area is 117 Å². The van der Waals surface area contributed by atoms with E-state index in [1.165, 1.54) is 6.20 Å². The van der Waals surface area contributed by atoms with Crippen molar-refractivity contribution in [2.24, 2.45) is 0 Å². The summed E-state index contributed by atoms with van der Waals surface area (Å²) in [6.07, 6.45) is 2.28. The van der Waals surface area contributed by atoms with Gasteiger partial charge >= 0.3 is 5.97 Å². The van der Waals surface area contributed by atoms with Gasteiger partial charge in [-0.1, -0.05) is 18.2 Å². The molecule has 0 unspecified atom stereocenters. The van der Waals surface area contributed by atoms with E-state index < -0.39 is 5.97 Å². The summed E-state index contributed by atoms with van der Waals surface area (Å²) in [7, 11) is 0. The van der Waals surface area contributed by atoms with Crippen LogP contribution in [0.5, 0.6) is 0 Å². The molecule has 0 amide bonds. The smallest absolute Gasteiger partial charge is 0.341 e. The first-order valence-electron chi connectivity index (χ1n) is 6.44. The molecule has 1 aromatic carbocycles. The molecule has 0 radical (unpaired) electrons. The first-order chi connectivity index (χ1) is 9.77. The highest BCUT2D eigenvalue weighted by Gasteiger charge is 2.18. The largest absolute Gasteiger partial charge is 0.462 e. The Morgan fingerprint density at radius 1 is 1.40 bits per heavy atom. The zero-order valence-electron chi connectivity index (χ0n) is 11.2. The number of nitriles is 1. The monoisotopic (exact) mass is 269 g/mol. The predicted molar refractivity (Wildman–Crippen MR) is 73.5 cm³/mol. The third-order valence-corrected chi connectivity index (χ3v) is 2.84. The van der Waals surface area contributed by atoms with Crippen molar-refractivity contribution in [3.05, 3.63) is 47.8 Å². The van der Waals surface area contributed by atoms with Gasteiger partial charge in [-0.05, 0) is 19.1 Å². The average molecular weight is 269 g/mol. The molecular weight excluding hydrogens is 254 g/mol. The Kier molecular flexibility index (Phi) is 4.51. The van der Waals surface area contributed by atoms with Crippen molar-refractivity contribution < 1.29 is 9.53 Å². The number of hydrogen-bond donors (Lipinski definition) is 0. The minimum atomic E-state index is -0.400. The highest BCUT2D eigenvalue weighted by Crippen LogP contribution is 2.17. The van der Waals surface area contributed by atoms with E-state index in [9.17, 15) is 4.79 Å². The second-order valence-electron chi connectivity index (χ2n) is 4.13. The molecule has 0 N–H and O–H groups in total. The van der Waals surface area contributed by atoms with Crippen LogP contribution in [0.3, 0.4) is 0 Å². The van der Waals surface area contributed by atoms with Crippen molar-refractivity contribution in [2.75, 3.05) is 6.61 Å². The Morgan fingerprint density at radius 3 is 2.80 bits per heavy atom. The summed E-state index contributed by atoms with van der Waals surface area (Å²) in [4.78, 5) is 11.9. The molecule has 0 spiro atoms. The van der Waals surface area contributed by atoms with Crippen molar-refractivity contribution in [3.63, 3.8) is 0 Å². The van der Waals surface area contributed by atoms with Gasteiger partial charge in [0.05, 0.1) is 30.3 Å². The molecule has 2 rings (SSSR count).